The van der Waals surface area contributed by atoms with Crippen LogP contribution in [-0.2, 0) is 14.8 Å². The van der Waals surface area contributed by atoms with E-state index < -0.39 is 33.1 Å². The zero-order valence-electron chi connectivity index (χ0n) is 19.1. The minimum Gasteiger partial charge on any atom is -0.325 e. The lowest BCUT2D eigenvalue weighted by atomic mass is 10.2. The van der Waals surface area contributed by atoms with Crippen LogP contribution in [-0.4, -0.2) is 48.0 Å². The molecule has 0 atom stereocenters. The molecular formula is C24H20F2N4O4S2. The van der Waals surface area contributed by atoms with Gasteiger partial charge in [0.15, 0.2) is 5.16 Å². The van der Waals surface area contributed by atoms with Crippen LogP contribution in [0, 0.1) is 11.6 Å². The zero-order chi connectivity index (χ0) is 26.0. The Bertz CT molecular complexity index is 1620. The molecular weight excluding hydrogens is 510 g/mol. The number of sulfonamides is 1. The molecule has 0 saturated carbocycles. The van der Waals surface area contributed by atoms with Crippen molar-refractivity contribution in [1.29, 1.82) is 0 Å². The van der Waals surface area contributed by atoms with Crippen molar-refractivity contribution in [2.75, 3.05) is 25.2 Å². The van der Waals surface area contributed by atoms with Gasteiger partial charge in [-0.2, -0.15) is 0 Å². The van der Waals surface area contributed by atoms with Gasteiger partial charge >= 0.3 is 0 Å². The third-order valence-electron chi connectivity index (χ3n) is 5.14. The number of fused-ring (bicyclic) bond motifs is 1. The summed E-state index contributed by atoms with van der Waals surface area (Å²) in [6, 6.07) is 15.0. The highest BCUT2D eigenvalue weighted by atomic mass is 32.2. The van der Waals surface area contributed by atoms with E-state index in [1.54, 1.807) is 24.3 Å². The first-order valence-corrected chi connectivity index (χ1v) is 12.9. The number of anilines is 1. The zero-order valence-corrected chi connectivity index (χ0v) is 20.7. The molecule has 1 aromatic heterocycles. The Morgan fingerprint density at radius 3 is 2.42 bits per heavy atom. The summed E-state index contributed by atoms with van der Waals surface area (Å²) in [6.45, 7) is 0. The number of carbonyl (C=O) groups excluding carboxylic acids is 1. The molecule has 1 N–H and O–H groups in total. The molecule has 12 heteroatoms. The van der Waals surface area contributed by atoms with Gasteiger partial charge < -0.3 is 5.32 Å². The van der Waals surface area contributed by atoms with Crippen molar-refractivity contribution in [3.8, 4) is 5.69 Å². The summed E-state index contributed by atoms with van der Waals surface area (Å²) in [4.78, 5) is 30.3. The molecule has 3 aromatic carbocycles. The first-order chi connectivity index (χ1) is 17.1. The lowest BCUT2D eigenvalue weighted by Gasteiger charge is -2.14. The van der Waals surface area contributed by atoms with Crippen LogP contribution in [0.3, 0.4) is 0 Å². The van der Waals surface area contributed by atoms with Crippen molar-refractivity contribution >= 4 is 44.3 Å². The number of halogens is 2. The minimum absolute atomic E-state index is 0.0479. The first-order valence-electron chi connectivity index (χ1n) is 10.5. The SMILES string of the molecule is CN(C)S(=O)(=O)c1ccc(NC(=O)CSc2nc3ccccc3c(=O)n2-c2ccc(F)cc2F)cc1. The first kappa shape index (κ1) is 25.5. The van der Waals surface area contributed by atoms with Crippen LogP contribution in [0.25, 0.3) is 16.6 Å². The third kappa shape index (κ3) is 5.15. The smallest absolute Gasteiger partial charge is 0.266 e. The Hall–Kier alpha value is -3.61. The van der Waals surface area contributed by atoms with Crippen LogP contribution in [0.2, 0.25) is 0 Å². The van der Waals surface area contributed by atoms with Crippen LogP contribution >= 0.6 is 11.8 Å². The predicted molar refractivity (Wildman–Crippen MR) is 134 cm³/mol. The summed E-state index contributed by atoms with van der Waals surface area (Å²) in [6.07, 6.45) is 0. The Kier molecular flexibility index (Phi) is 7.20. The molecule has 0 bridgehead atoms. The Morgan fingerprint density at radius 1 is 1.06 bits per heavy atom. The Labute approximate surface area is 209 Å². The molecule has 0 radical (unpaired) electrons. The van der Waals surface area contributed by atoms with Gasteiger partial charge in [0.2, 0.25) is 15.9 Å². The fourth-order valence-electron chi connectivity index (χ4n) is 3.33. The molecule has 0 aliphatic heterocycles. The van der Waals surface area contributed by atoms with Crippen LogP contribution in [0.1, 0.15) is 0 Å². The van der Waals surface area contributed by atoms with Crippen LogP contribution in [0.4, 0.5) is 14.5 Å². The van der Waals surface area contributed by atoms with Gasteiger partial charge in [0.1, 0.15) is 11.6 Å². The molecule has 0 unspecified atom stereocenters. The van der Waals surface area contributed by atoms with Gasteiger partial charge in [0, 0.05) is 25.8 Å². The number of thioether (sulfide) groups is 1. The standard InChI is InChI=1S/C24H20F2N4O4S2/c1-29(2)36(33,34)17-10-8-16(9-11-17)27-22(31)14-35-24-28-20-6-4-3-5-18(20)23(32)30(24)21-12-7-15(25)13-19(21)26/h3-13H,14H2,1-2H3,(H,27,31). The number of nitrogens with zero attached hydrogens (tertiary/aromatic N) is 3. The van der Waals surface area contributed by atoms with E-state index in [4.69, 9.17) is 0 Å². The highest BCUT2D eigenvalue weighted by Crippen LogP contribution is 2.24. The van der Waals surface area contributed by atoms with E-state index in [0.29, 0.717) is 17.3 Å². The van der Waals surface area contributed by atoms with E-state index in [-0.39, 0.29) is 26.9 Å². The van der Waals surface area contributed by atoms with Crippen molar-refractivity contribution in [2.45, 2.75) is 10.1 Å². The Morgan fingerprint density at radius 2 is 1.75 bits per heavy atom. The number of carbonyl (C=O) groups is 1. The number of benzene rings is 3. The van der Waals surface area contributed by atoms with E-state index in [1.807, 2.05) is 0 Å². The van der Waals surface area contributed by atoms with E-state index >= 15 is 0 Å². The summed E-state index contributed by atoms with van der Waals surface area (Å²) >= 11 is 0.899. The van der Waals surface area contributed by atoms with Gasteiger partial charge in [-0.05, 0) is 48.5 Å². The predicted octanol–water partition coefficient (Wildman–Crippen LogP) is 3.65. The number of para-hydroxylation sites is 1. The molecule has 0 saturated heterocycles. The van der Waals surface area contributed by atoms with E-state index in [9.17, 15) is 26.8 Å². The number of hydrogen-bond acceptors (Lipinski definition) is 6. The maximum Gasteiger partial charge on any atom is 0.266 e. The van der Waals surface area contributed by atoms with Gasteiger partial charge in [-0.3, -0.25) is 14.2 Å². The molecule has 0 spiro atoms. The summed E-state index contributed by atoms with van der Waals surface area (Å²) in [5.41, 5.74) is -0.0272. The third-order valence-corrected chi connectivity index (χ3v) is 7.91. The number of rotatable bonds is 7. The second-order valence-electron chi connectivity index (χ2n) is 7.80. The second-order valence-corrected chi connectivity index (χ2v) is 10.9. The van der Waals surface area contributed by atoms with Gasteiger partial charge in [0.05, 0.1) is 27.2 Å². The lowest BCUT2D eigenvalue weighted by molar-refractivity contribution is -0.113. The molecule has 186 valence electrons. The van der Waals surface area contributed by atoms with E-state index in [0.717, 1.165) is 32.8 Å². The number of aromatic nitrogens is 2. The monoisotopic (exact) mass is 530 g/mol. The molecule has 1 heterocycles. The summed E-state index contributed by atoms with van der Waals surface area (Å²) in [7, 11) is -0.772. The van der Waals surface area contributed by atoms with Crippen molar-refractivity contribution in [3.05, 3.63) is 88.7 Å². The molecule has 0 aliphatic rings. The molecule has 36 heavy (non-hydrogen) atoms. The largest absolute Gasteiger partial charge is 0.325 e. The van der Waals surface area contributed by atoms with Gasteiger partial charge in [-0.15, -0.1) is 0 Å². The fraction of sp³-hybridized carbons (Fsp3) is 0.125. The van der Waals surface area contributed by atoms with E-state index in [2.05, 4.69) is 10.3 Å². The molecule has 8 nitrogen and oxygen atoms in total. The quantitative estimate of drug-likeness (QED) is 0.289. The maximum absolute atomic E-state index is 14.6. The minimum atomic E-state index is -3.61. The Balaban J connectivity index is 1.60. The van der Waals surface area contributed by atoms with Crippen molar-refractivity contribution < 1.29 is 22.0 Å². The average molecular weight is 531 g/mol. The van der Waals surface area contributed by atoms with Crippen molar-refractivity contribution in [3.63, 3.8) is 0 Å². The van der Waals surface area contributed by atoms with Crippen molar-refractivity contribution in [2.24, 2.45) is 0 Å². The summed E-state index contributed by atoms with van der Waals surface area (Å²) < 4.78 is 54.5. The van der Waals surface area contributed by atoms with Crippen molar-refractivity contribution in [1.82, 2.24) is 13.9 Å². The highest BCUT2D eigenvalue weighted by Gasteiger charge is 2.19. The second kappa shape index (κ2) is 10.2. The van der Waals surface area contributed by atoms with E-state index in [1.165, 1.54) is 38.4 Å². The summed E-state index contributed by atoms with van der Waals surface area (Å²) in [5.74, 6) is -2.40. The molecule has 4 rings (SSSR count). The highest BCUT2D eigenvalue weighted by molar-refractivity contribution is 7.99. The number of amides is 1. The molecule has 0 aliphatic carbocycles. The van der Waals surface area contributed by atoms with Crippen LogP contribution in [0.15, 0.2) is 81.6 Å². The maximum atomic E-state index is 14.6. The molecule has 1 amide bonds. The number of hydrogen-bond donors (Lipinski definition) is 1. The van der Waals surface area contributed by atoms with Gasteiger partial charge in [0.25, 0.3) is 5.56 Å². The summed E-state index contributed by atoms with van der Waals surface area (Å²) in [5, 5.41) is 2.93. The van der Waals surface area contributed by atoms with Crippen LogP contribution in [0.5, 0.6) is 0 Å². The normalized spacial score (nSPS) is 11.7. The topological polar surface area (TPSA) is 101 Å². The molecule has 4 aromatic rings. The fourth-order valence-corrected chi connectivity index (χ4v) is 5.04. The molecule has 0 fully saturated rings. The van der Waals surface area contributed by atoms with Gasteiger partial charge in [-0.25, -0.2) is 26.5 Å². The van der Waals surface area contributed by atoms with Gasteiger partial charge in [-0.1, -0.05) is 23.9 Å². The lowest BCUT2D eigenvalue weighted by Crippen LogP contribution is -2.24. The number of nitrogens with one attached hydrogen (secondary N) is 1. The van der Waals surface area contributed by atoms with Crippen LogP contribution < -0.4 is 10.9 Å². The average Bonchev–Trinajstić information content (AvgIpc) is 2.84.